The van der Waals surface area contributed by atoms with Gasteiger partial charge in [-0.25, -0.2) is 9.67 Å². The number of benzene rings is 1. The molecule has 1 N–H and O–H groups in total. The van der Waals surface area contributed by atoms with Gasteiger partial charge < -0.3 is 5.32 Å². The van der Waals surface area contributed by atoms with Gasteiger partial charge in [0.1, 0.15) is 12.2 Å². The van der Waals surface area contributed by atoms with E-state index in [2.05, 4.69) is 69.4 Å². The predicted molar refractivity (Wildman–Crippen MR) is 84.9 cm³/mol. The van der Waals surface area contributed by atoms with Crippen molar-refractivity contribution < 1.29 is 0 Å². The fourth-order valence-electron chi connectivity index (χ4n) is 2.36. The van der Waals surface area contributed by atoms with Gasteiger partial charge in [0.15, 0.2) is 0 Å². The Balaban J connectivity index is 2.21. The summed E-state index contributed by atoms with van der Waals surface area (Å²) in [5.41, 5.74) is 1.32. The third-order valence-corrected chi connectivity index (χ3v) is 3.89. The lowest BCUT2D eigenvalue weighted by molar-refractivity contribution is 0.487. The molecule has 0 aliphatic carbocycles. The predicted octanol–water partition coefficient (Wildman–Crippen LogP) is 3.17. The molecule has 0 spiro atoms. The number of rotatable bonds is 6. The van der Waals surface area contributed by atoms with Crippen molar-refractivity contribution in [3.05, 3.63) is 46.5 Å². The van der Waals surface area contributed by atoms with Gasteiger partial charge >= 0.3 is 0 Å². The van der Waals surface area contributed by atoms with Crippen molar-refractivity contribution in [2.75, 3.05) is 13.6 Å². The number of nitrogens with one attached hydrogen (secondary N) is 1. The van der Waals surface area contributed by atoms with Gasteiger partial charge in [-0.1, -0.05) is 28.1 Å². The van der Waals surface area contributed by atoms with Crippen LogP contribution in [0.15, 0.2) is 35.1 Å². The molecule has 1 aromatic heterocycles. The minimum atomic E-state index is 0.340. The van der Waals surface area contributed by atoms with Gasteiger partial charge in [0.05, 0.1) is 0 Å². The van der Waals surface area contributed by atoms with E-state index in [-0.39, 0.29) is 0 Å². The Bertz CT molecular complexity index is 533. The Morgan fingerprint density at radius 1 is 1.25 bits per heavy atom. The minimum absolute atomic E-state index is 0.340. The molecule has 0 aliphatic heterocycles. The minimum Gasteiger partial charge on any atom is -0.319 e. The Kier molecular flexibility index (Phi) is 5.31. The fourth-order valence-corrected chi connectivity index (χ4v) is 2.63. The molecular formula is C15H21BrN4. The van der Waals surface area contributed by atoms with Gasteiger partial charge in [-0.05, 0) is 38.6 Å². The van der Waals surface area contributed by atoms with Crippen LogP contribution < -0.4 is 5.32 Å². The maximum atomic E-state index is 4.42. The zero-order chi connectivity index (χ0) is 14.5. The first-order valence-corrected chi connectivity index (χ1v) is 7.69. The van der Waals surface area contributed by atoms with Crippen molar-refractivity contribution in [1.82, 2.24) is 20.1 Å². The van der Waals surface area contributed by atoms with E-state index in [4.69, 9.17) is 0 Å². The monoisotopic (exact) mass is 336 g/mol. The molecule has 0 amide bonds. The van der Waals surface area contributed by atoms with Crippen LogP contribution in [0.3, 0.4) is 0 Å². The quantitative estimate of drug-likeness (QED) is 0.880. The van der Waals surface area contributed by atoms with Crippen LogP contribution in [-0.4, -0.2) is 28.4 Å². The molecule has 1 aromatic carbocycles. The number of hydrogen-bond donors (Lipinski definition) is 1. The first-order chi connectivity index (χ1) is 9.61. The third kappa shape index (κ3) is 3.67. The van der Waals surface area contributed by atoms with Crippen LogP contribution in [-0.2, 0) is 6.42 Å². The maximum absolute atomic E-state index is 4.42. The van der Waals surface area contributed by atoms with Crippen LogP contribution in [0, 0.1) is 0 Å². The summed E-state index contributed by atoms with van der Waals surface area (Å²) in [5, 5.41) is 7.59. The van der Waals surface area contributed by atoms with Gasteiger partial charge in [-0.2, -0.15) is 5.10 Å². The molecule has 20 heavy (non-hydrogen) atoms. The van der Waals surface area contributed by atoms with Gasteiger partial charge in [0.25, 0.3) is 0 Å². The van der Waals surface area contributed by atoms with Crippen LogP contribution in [0.1, 0.15) is 37.2 Å². The molecule has 2 aromatic rings. The summed E-state index contributed by atoms with van der Waals surface area (Å²) in [4.78, 5) is 4.42. The highest BCUT2D eigenvalue weighted by Gasteiger charge is 2.16. The summed E-state index contributed by atoms with van der Waals surface area (Å²) in [7, 11) is 1.99. The third-order valence-electron chi connectivity index (χ3n) is 3.36. The topological polar surface area (TPSA) is 42.7 Å². The lowest BCUT2D eigenvalue weighted by Gasteiger charge is -2.18. The van der Waals surface area contributed by atoms with E-state index in [1.165, 1.54) is 5.56 Å². The van der Waals surface area contributed by atoms with E-state index in [0.717, 1.165) is 23.3 Å². The summed E-state index contributed by atoms with van der Waals surface area (Å²) in [6.07, 6.45) is 2.54. The van der Waals surface area contributed by atoms with Crippen molar-refractivity contribution in [3.63, 3.8) is 0 Å². The number of halogens is 1. The molecule has 1 atom stereocenters. The standard InChI is InChI=1S/C15H21BrN4/c1-11(2)20-15(18-10-19-20)8-13(9-17-3)12-4-6-14(16)7-5-12/h4-7,10-11,13,17H,8-9H2,1-3H3. The molecule has 5 heteroatoms. The van der Waals surface area contributed by atoms with Crippen molar-refractivity contribution >= 4 is 15.9 Å². The molecule has 108 valence electrons. The summed E-state index contributed by atoms with van der Waals surface area (Å²) in [6, 6.07) is 8.85. The molecule has 4 nitrogen and oxygen atoms in total. The van der Waals surface area contributed by atoms with Gasteiger partial charge in [0.2, 0.25) is 0 Å². The molecule has 0 radical (unpaired) electrons. The first kappa shape index (κ1) is 15.2. The highest BCUT2D eigenvalue weighted by atomic mass is 79.9. The van der Waals surface area contributed by atoms with Crippen LogP contribution in [0.5, 0.6) is 0 Å². The van der Waals surface area contributed by atoms with Crippen molar-refractivity contribution in [2.45, 2.75) is 32.2 Å². The van der Waals surface area contributed by atoms with Gasteiger partial charge in [0, 0.05) is 29.4 Å². The van der Waals surface area contributed by atoms with Crippen LogP contribution in [0.4, 0.5) is 0 Å². The molecule has 0 saturated carbocycles. The molecule has 0 saturated heterocycles. The summed E-state index contributed by atoms with van der Waals surface area (Å²) < 4.78 is 3.11. The molecule has 0 aliphatic rings. The second-order valence-corrected chi connectivity index (χ2v) is 6.14. The van der Waals surface area contributed by atoms with E-state index >= 15 is 0 Å². The molecular weight excluding hydrogens is 316 g/mol. The van der Waals surface area contributed by atoms with Crippen molar-refractivity contribution in [3.8, 4) is 0 Å². The average molecular weight is 337 g/mol. The molecule has 1 unspecified atom stereocenters. The normalized spacial score (nSPS) is 12.8. The first-order valence-electron chi connectivity index (χ1n) is 6.90. The Hall–Kier alpha value is -1.20. The van der Waals surface area contributed by atoms with E-state index in [1.807, 2.05) is 11.7 Å². The van der Waals surface area contributed by atoms with Crippen LogP contribution >= 0.6 is 15.9 Å². The second kappa shape index (κ2) is 6.99. The largest absolute Gasteiger partial charge is 0.319 e. The van der Waals surface area contributed by atoms with Gasteiger partial charge in [-0.3, -0.25) is 0 Å². The SMILES string of the molecule is CNCC(Cc1ncnn1C(C)C)c1ccc(Br)cc1. The number of nitrogens with zero attached hydrogens (tertiary/aromatic N) is 3. The Morgan fingerprint density at radius 3 is 2.55 bits per heavy atom. The number of aromatic nitrogens is 3. The number of likely N-dealkylation sites (N-methyl/N-ethyl adjacent to an activating group) is 1. The van der Waals surface area contributed by atoms with Crippen molar-refractivity contribution in [2.24, 2.45) is 0 Å². The summed E-state index contributed by atoms with van der Waals surface area (Å²) in [5.74, 6) is 1.44. The molecule has 0 fully saturated rings. The van der Waals surface area contributed by atoms with Gasteiger partial charge in [-0.15, -0.1) is 0 Å². The number of hydrogen-bond acceptors (Lipinski definition) is 3. The van der Waals surface area contributed by atoms with Crippen LogP contribution in [0.2, 0.25) is 0 Å². The highest BCUT2D eigenvalue weighted by molar-refractivity contribution is 9.10. The van der Waals surface area contributed by atoms with E-state index in [1.54, 1.807) is 6.33 Å². The Labute approximate surface area is 128 Å². The maximum Gasteiger partial charge on any atom is 0.138 e. The van der Waals surface area contributed by atoms with E-state index < -0.39 is 0 Å². The zero-order valence-electron chi connectivity index (χ0n) is 12.2. The highest BCUT2D eigenvalue weighted by Crippen LogP contribution is 2.22. The van der Waals surface area contributed by atoms with Crippen molar-refractivity contribution in [1.29, 1.82) is 0 Å². The van der Waals surface area contributed by atoms with Crippen LogP contribution in [0.25, 0.3) is 0 Å². The smallest absolute Gasteiger partial charge is 0.138 e. The zero-order valence-corrected chi connectivity index (χ0v) is 13.8. The average Bonchev–Trinajstić information content (AvgIpc) is 2.87. The van der Waals surface area contributed by atoms with E-state index in [0.29, 0.717) is 12.0 Å². The molecule has 1 heterocycles. The lowest BCUT2D eigenvalue weighted by atomic mass is 9.95. The molecule has 0 bridgehead atoms. The lowest BCUT2D eigenvalue weighted by Crippen LogP contribution is -2.21. The molecule has 2 rings (SSSR count). The second-order valence-electron chi connectivity index (χ2n) is 5.22. The van der Waals surface area contributed by atoms with E-state index in [9.17, 15) is 0 Å². The summed E-state index contributed by atoms with van der Waals surface area (Å²) >= 11 is 3.48. The Morgan fingerprint density at radius 2 is 1.95 bits per heavy atom. The summed E-state index contributed by atoms with van der Waals surface area (Å²) in [6.45, 7) is 5.18. The fraction of sp³-hybridized carbons (Fsp3) is 0.467.